The van der Waals surface area contributed by atoms with Crippen molar-refractivity contribution in [3.63, 3.8) is 0 Å². The number of azo groups is 1. The van der Waals surface area contributed by atoms with Crippen molar-refractivity contribution >= 4 is 27.4 Å². The molecule has 2 aromatic carbocycles. The van der Waals surface area contributed by atoms with Crippen molar-refractivity contribution in [3.8, 4) is 27.7 Å². The molecule has 204 valence electrons. The molecule has 2 aromatic heterocycles. The molecule has 0 aliphatic carbocycles. The van der Waals surface area contributed by atoms with Gasteiger partial charge in [-0.15, -0.1) is 16.5 Å². The van der Waals surface area contributed by atoms with Crippen LogP contribution in [0.25, 0.3) is 20.7 Å². The van der Waals surface area contributed by atoms with E-state index in [-0.39, 0.29) is 0 Å². The topological polar surface area (TPSA) is 90.7 Å². The minimum Gasteiger partial charge on any atom is -0.493 e. The van der Waals surface area contributed by atoms with E-state index in [0.29, 0.717) is 31.3 Å². The fourth-order valence-corrected chi connectivity index (χ4v) is 5.72. The lowest BCUT2D eigenvalue weighted by molar-refractivity contribution is 0.0321. The van der Waals surface area contributed by atoms with Crippen molar-refractivity contribution in [2.24, 2.45) is 10.2 Å². The smallest absolute Gasteiger partial charge is 0.195 e. The van der Waals surface area contributed by atoms with Gasteiger partial charge in [0.15, 0.2) is 17.3 Å². The Hall–Kier alpha value is -3.60. The highest BCUT2D eigenvalue weighted by molar-refractivity contribution is 7.23. The summed E-state index contributed by atoms with van der Waals surface area (Å²) in [6, 6.07) is 13.9. The van der Waals surface area contributed by atoms with Gasteiger partial charge in [-0.2, -0.15) is 5.11 Å². The predicted molar refractivity (Wildman–Crippen MR) is 153 cm³/mol. The van der Waals surface area contributed by atoms with Gasteiger partial charge in [0.1, 0.15) is 23.4 Å². The van der Waals surface area contributed by atoms with Crippen molar-refractivity contribution in [3.05, 3.63) is 59.9 Å². The first kappa shape index (κ1) is 27.0. The van der Waals surface area contributed by atoms with Gasteiger partial charge in [-0.25, -0.2) is 9.97 Å². The summed E-state index contributed by atoms with van der Waals surface area (Å²) in [5, 5.41) is 8.93. The molecule has 0 bridgehead atoms. The Morgan fingerprint density at radius 2 is 1.87 bits per heavy atom. The van der Waals surface area contributed by atoms with Crippen molar-refractivity contribution in [1.29, 1.82) is 0 Å². The molecule has 0 atom stereocenters. The number of hydrogen-bond acceptors (Lipinski definition) is 10. The quantitative estimate of drug-likeness (QED) is 0.211. The average Bonchev–Trinajstić information content (AvgIpc) is 3.31. The number of benzene rings is 2. The van der Waals surface area contributed by atoms with E-state index in [9.17, 15) is 0 Å². The molecular weight excluding hydrogens is 514 g/mol. The molecule has 1 aliphatic rings. The molecular formula is C29H33N5O4S. The van der Waals surface area contributed by atoms with Crippen molar-refractivity contribution < 1.29 is 18.9 Å². The Morgan fingerprint density at radius 1 is 1.03 bits per heavy atom. The molecule has 5 rings (SSSR count). The Morgan fingerprint density at radius 3 is 2.69 bits per heavy atom. The average molecular weight is 548 g/mol. The van der Waals surface area contributed by atoms with E-state index < -0.39 is 0 Å². The standard InChI is InChI=1S/C29H33N5O4S/c1-4-37-23-8-6-5-7-22(23)27-20(2)26-28(39-27)29(31-19-30-26)33-32-18-21-9-10-24(25(17-21)35-3)38-16-13-34-11-14-36-15-12-34/h5-10,17,19H,4,11-16,18H2,1-3H3. The van der Waals surface area contributed by atoms with Gasteiger partial charge < -0.3 is 18.9 Å². The summed E-state index contributed by atoms with van der Waals surface area (Å²) < 4.78 is 23.7. The number of aromatic nitrogens is 2. The Bertz CT molecular complexity index is 1430. The summed E-state index contributed by atoms with van der Waals surface area (Å²) >= 11 is 1.61. The van der Waals surface area contributed by atoms with Gasteiger partial charge >= 0.3 is 0 Å². The van der Waals surface area contributed by atoms with Crippen molar-refractivity contribution in [1.82, 2.24) is 14.9 Å². The Balaban J connectivity index is 1.29. The van der Waals surface area contributed by atoms with Crippen LogP contribution in [0.2, 0.25) is 0 Å². The van der Waals surface area contributed by atoms with Crippen molar-refractivity contribution in [2.45, 2.75) is 20.4 Å². The fourth-order valence-electron chi connectivity index (χ4n) is 4.50. The number of aryl methyl sites for hydroxylation is 1. The first-order chi connectivity index (χ1) is 19.2. The lowest BCUT2D eigenvalue weighted by Crippen LogP contribution is -2.38. The van der Waals surface area contributed by atoms with Crippen LogP contribution in [0.3, 0.4) is 0 Å². The van der Waals surface area contributed by atoms with E-state index >= 15 is 0 Å². The molecule has 0 spiro atoms. The van der Waals surface area contributed by atoms with E-state index in [1.54, 1.807) is 24.8 Å². The number of ether oxygens (including phenoxy) is 4. The summed E-state index contributed by atoms with van der Waals surface area (Å²) in [5.74, 6) is 2.81. The number of thiophene rings is 1. The Labute approximate surface area is 232 Å². The monoisotopic (exact) mass is 547 g/mol. The van der Waals surface area contributed by atoms with Crippen molar-refractivity contribution in [2.75, 3.05) is 53.2 Å². The number of nitrogens with zero attached hydrogens (tertiary/aromatic N) is 5. The summed E-state index contributed by atoms with van der Waals surface area (Å²) in [6.07, 6.45) is 1.54. The van der Waals surface area contributed by atoms with E-state index in [2.05, 4.69) is 38.1 Å². The van der Waals surface area contributed by atoms with Crippen LogP contribution in [0.4, 0.5) is 5.82 Å². The largest absolute Gasteiger partial charge is 0.493 e. The van der Waals surface area contributed by atoms with Crippen LogP contribution in [0, 0.1) is 6.92 Å². The number of methoxy groups -OCH3 is 1. The molecule has 0 saturated carbocycles. The van der Waals surface area contributed by atoms with Crippen LogP contribution in [0.5, 0.6) is 17.2 Å². The highest BCUT2D eigenvalue weighted by Gasteiger charge is 2.18. The van der Waals surface area contributed by atoms with Gasteiger partial charge in [-0.1, -0.05) is 18.2 Å². The maximum atomic E-state index is 6.00. The Kier molecular flexibility index (Phi) is 8.97. The molecule has 9 nitrogen and oxygen atoms in total. The van der Waals surface area contributed by atoms with Gasteiger partial charge in [0.05, 0.1) is 39.0 Å². The first-order valence-electron chi connectivity index (χ1n) is 13.1. The molecule has 4 aromatic rings. The molecule has 0 radical (unpaired) electrons. The molecule has 39 heavy (non-hydrogen) atoms. The highest BCUT2D eigenvalue weighted by Crippen LogP contribution is 2.43. The third-order valence-corrected chi connectivity index (χ3v) is 7.84. The van der Waals surface area contributed by atoms with E-state index in [1.807, 2.05) is 43.3 Å². The second-order valence-corrected chi connectivity index (χ2v) is 10.1. The summed E-state index contributed by atoms with van der Waals surface area (Å²) in [4.78, 5) is 12.4. The van der Waals surface area contributed by atoms with E-state index in [1.165, 1.54) is 0 Å². The van der Waals surface area contributed by atoms with Crippen LogP contribution in [0.1, 0.15) is 18.1 Å². The minimum absolute atomic E-state index is 0.389. The van der Waals surface area contributed by atoms with Crippen LogP contribution < -0.4 is 14.2 Å². The summed E-state index contributed by atoms with van der Waals surface area (Å²) in [5.41, 5.74) is 3.97. The number of morpholine rings is 1. The molecule has 0 N–H and O–H groups in total. The second-order valence-electron chi connectivity index (χ2n) is 9.05. The third kappa shape index (κ3) is 6.35. The fraction of sp³-hybridized carbons (Fsp3) is 0.379. The van der Waals surface area contributed by atoms with Gasteiger partial charge in [0.25, 0.3) is 0 Å². The molecule has 0 unspecified atom stereocenters. The number of hydrogen-bond donors (Lipinski definition) is 0. The maximum absolute atomic E-state index is 6.00. The van der Waals surface area contributed by atoms with Crippen LogP contribution in [-0.2, 0) is 11.3 Å². The molecule has 10 heteroatoms. The number of para-hydroxylation sites is 1. The van der Waals surface area contributed by atoms with Crippen LogP contribution in [0.15, 0.2) is 59.0 Å². The van der Waals surface area contributed by atoms with E-state index in [4.69, 9.17) is 18.9 Å². The normalized spacial score (nSPS) is 14.2. The lowest BCUT2D eigenvalue weighted by atomic mass is 10.1. The molecule has 0 amide bonds. The number of rotatable bonds is 11. The zero-order chi connectivity index (χ0) is 27.0. The minimum atomic E-state index is 0.389. The van der Waals surface area contributed by atoms with Gasteiger partial charge in [-0.3, -0.25) is 4.90 Å². The second kappa shape index (κ2) is 13.0. The van der Waals surface area contributed by atoms with E-state index in [0.717, 1.165) is 76.1 Å². The maximum Gasteiger partial charge on any atom is 0.195 e. The van der Waals surface area contributed by atoms with Gasteiger partial charge in [0, 0.05) is 30.1 Å². The third-order valence-electron chi connectivity index (χ3n) is 6.53. The van der Waals surface area contributed by atoms with Gasteiger partial charge in [0.2, 0.25) is 0 Å². The van der Waals surface area contributed by atoms with Crippen LogP contribution >= 0.6 is 11.3 Å². The zero-order valence-corrected chi connectivity index (χ0v) is 23.4. The highest BCUT2D eigenvalue weighted by atomic mass is 32.1. The number of fused-ring (bicyclic) bond motifs is 1. The zero-order valence-electron chi connectivity index (χ0n) is 22.6. The van der Waals surface area contributed by atoms with Gasteiger partial charge in [-0.05, 0) is 49.2 Å². The molecule has 1 saturated heterocycles. The summed E-state index contributed by atoms with van der Waals surface area (Å²) in [7, 11) is 1.65. The molecule has 3 heterocycles. The SMILES string of the molecule is CCOc1ccccc1-c1sc2c(N=NCc3ccc(OCCN4CCOCC4)c(OC)c3)ncnc2c1C. The summed E-state index contributed by atoms with van der Waals surface area (Å²) in [6.45, 7) is 9.94. The van der Waals surface area contributed by atoms with Crippen LogP contribution in [-0.4, -0.2) is 68.0 Å². The lowest BCUT2D eigenvalue weighted by Gasteiger charge is -2.26. The molecule has 1 fully saturated rings. The first-order valence-corrected chi connectivity index (χ1v) is 13.9. The predicted octanol–water partition coefficient (Wildman–Crippen LogP) is 6.07. The molecule has 1 aliphatic heterocycles.